The summed E-state index contributed by atoms with van der Waals surface area (Å²) in [6, 6.07) is 5.21. The Hall–Kier alpha value is -3.20. The van der Waals surface area contributed by atoms with Gasteiger partial charge >= 0.3 is 6.09 Å². The molecule has 4 rings (SSSR count). The number of ether oxygens (including phenoxy) is 1. The van der Waals surface area contributed by atoms with E-state index in [9.17, 15) is 14.7 Å². The molecule has 0 unspecified atom stereocenters. The number of hydrogen-bond donors (Lipinski definition) is 2. The largest absolute Gasteiger partial charge is 0.465 e. The summed E-state index contributed by atoms with van der Waals surface area (Å²) in [6.07, 6.45) is 2.97. The standard InChI is InChI=1S/C21H25N5O4/c1-13-9-18(24-21(28)29)17-10-15(3-4-19(17)26(13)14(2)27)16-11-22-20(23-12-16)25-5-7-30-8-6-25/h3-4,10-13,18,24H,5-9H2,1-2H3,(H,28,29)/t13-,18+/m1/s1. The Kier molecular flexibility index (Phi) is 5.54. The maximum Gasteiger partial charge on any atom is 0.405 e. The SMILES string of the molecule is CC(=O)N1c2ccc(-c3cnc(N4CCOCC4)nc3)cc2[C@@H](NC(=O)O)C[C@H]1C. The van der Waals surface area contributed by atoms with Crippen molar-refractivity contribution in [3.8, 4) is 11.1 Å². The summed E-state index contributed by atoms with van der Waals surface area (Å²) in [7, 11) is 0. The number of nitrogens with one attached hydrogen (secondary N) is 1. The minimum absolute atomic E-state index is 0.0662. The zero-order valence-electron chi connectivity index (χ0n) is 17.0. The second-order valence-electron chi connectivity index (χ2n) is 7.62. The Morgan fingerprint density at radius 2 is 1.87 bits per heavy atom. The number of hydrogen-bond acceptors (Lipinski definition) is 6. The molecule has 3 heterocycles. The molecule has 1 aromatic heterocycles. The Labute approximate surface area is 174 Å². The van der Waals surface area contributed by atoms with Crippen LogP contribution in [0, 0.1) is 0 Å². The summed E-state index contributed by atoms with van der Waals surface area (Å²) >= 11 is 0. The van der Waals surface area contributed by atoms with E-state index in [-0.39, 0.29) is 11.9 Å². The summed E-state index contributed by atoms with van der Waals surface area (Å²) < 4.78 is 5.36. The van der Waals surface area contributed by atoms with Crippen LogP contribution in [0.3, 0.4) is 0 Å². The van der Waals surface area contributed by atoms with E-state index in [2.05, 4.69) is 20.2 Å². The molecule has 2 aliphatic heterocycles. The molecule has 0 aliphatic carbocycles. The first-order valence-corrected chi connectivity index (χ1v) is 10.0. The lowest BCUT2D eigenvalue weighted by Gasteiger charge is -2.39. The monoisotopic (exact) mass is 411 g/mol. The van der Waals surface area contributed by atoms with Crippen molar-refractivity contribution >= 4 is 23.6 Å². The van der Waals surface area contributed by atoms with Gasteiger partial charge in [-0.25, -0.2) is 14.8 Å². The predicted molar refractivity (Wildman–Crippen MR) is 112 cm³/mol. The van der Waals surface area contributed by atoms with Crippen molar-refractivity contribution in [3.63, 3.8) is 0 Å². The quantitative estimate of drug-likeness (QED) is 0.799. The van der Waals surface area contributed by atoms with Crippen LogP contribution in [-0.2, 0) is 9.53 Å². The number of rotatable bonds is 3. The van der Waals surface area contributed by atoms with Crippen LogP contribution in [0.1, 0.15) is 31.9 Å². The highest BCUT2D eigenvalue weighted by Gasteiger charge is 2.33. The smallest absolute Gasteiger partial charge is 0.405 e. The third-order valence-corrected chi connectivity index (χ3v) is 5.58. The number of nitrogens with zero attached hydrogens (tertiary/aromatic N) is 4. The fraction of sp³-hybridized carbons (Fsp3) is 0.429. The molecule has 1 aromatic carbocycles. The van der Waals surface area contributed by atoms with Gasteiger partial charge in [0.05, 0.1) is 19.3 Å². The van der Waals surface area contributed by atoms with Crippen molar-refractivity contribution < 1.29 is 19.4 Å². The van der Waals surface area contributed by atoms with Gasteiger partial charge in [0.1, 0.15) is 0 Å². The van der Waals surface area contributed by atoms with Gasteiger partial charge in [-0.15, -0.1) is 0 Å². The molecule has 0 bridgehead atoms. The lowest BCUT2D eigenvalue weighted by Crippen LogP contribution is -2.45. The van der Waals surface area contributed by atoms with Gasteiger partial charge in [-0.2, -0.15) is 0 Å². The average Bonchev–Trinajstić information content (AvgIpc) is 2.73. The molecule has 30 heavy (non-hydrogen) atoms. The number of anilines is 2. The van der Waals surface area contributed by atoms with Gasteiger partial charge in [-0.3, -0.25) is 4.79 Å². The summed E-state index contributed by atoms with van der Waals surface area (Å²) in [5.74, 6) is 0.602. The highest BCUT2D eigenvalue weighted by molar-refractivity contribution is 5.94. The summed E-state index contributed by atoms with van der Waals surface area (Å²) in [5.41, 5.74) is 3.21. The molecule has 1 saturated heterocycles. The second-order valence-corrected chi connectivity index (χ2v) is 7.62. The van der Waals surface area contributed by atoms with Crippen molar-refractivity contribution in [1.82, 2.24) is 15.3 Å². The first-order chi connectivity index (χ1) is 14.4. The molecule has 2 atom stereocenters. The van der Waals surface area contributed by atoms with E-state index in [4.69, 9.17) is 4.74 Å². The minimum atomic E-state index is -1.09. The normalized spacial score (nSPS) is 21.1. The van der Waals surface area contributed by atoms with Crippen molar-refractivity contribution in [3.05, 3.63) is 36.2 Å². The summed E-state index contributed by atoms with van der Waals surface area (Å²) in [5, 5.41) is 11.9. The molecule has 0 saturated carbocycles. The number of carbonyl (C=O) groups is 2. The third-order valence-electron chi connectivity index (χ3n) is 5.58. The molecule has 2 N–H and O–H groups in total. The first-order valence-electron chi connectivity index (χ1n) is 10.0. The molecule has 158 valence electrons. The van der Waals surface area contributed by atoms with Crippen LogP contribution in [0.4, 0.5) is 16.4 Å². The van der Waals surface area contributed by atoms with Crippen molar-refractivity contribution in [1.29, 1.82) is 0 Å². The average molecular weight is 411 g/mol. The van der Waals surface area contributed by atoms with Crippen LogP contribution in [-0.4, -0.2) is 59.4 Å². The van der Waals surface area contributed by atoms with E-state index >= 15 is 0 Å². The summed E-state index contributed by atoms with van der Waals surface area (Å²) in [4.78, 5) is 36.3. The Bertz CT molecular complexity index is 943. The molecule has 2 aromatic rings. The van der Waals surface area contributed by atoms with Gasteiger partial charge < -0.3 is 25.0 Å². The zero-order valence-corrected chi connectivity index (χ0v) is 17.0. The van der Waals surface area contributed by atoms with E-state index in [0.29, 0.717) is 25.6 Å². The lowest BCUT2D eigenvalue weighted by atomic mass is 9.89. The minimum Gasteiger partial charge on any atom is -0.465 e. The number of morpholine rings is 1. The molecule has 9 nitrogen and oxygen atoms in total. The maximum absolute atomic E-state index is 12.2. The second kappa shape index (κ2) is 8.27. The van der Waals surface area contributed by atoms with Crippen LogP contribution in [0.5, 0.6) is 0 Å². The maximum atomic E-state index is 12.2. The number of aromatic nitrogens is 2. The van der Waals surface area contributed by atoms with Gasteiger partial charge in [-0.1, -0.05) is 6.07 Å². The van der Waals surface area contributed by atoms with E-state index < -0.39 is 12.1 Å². The molecule has 0 radical (unpaired) electrons. The van der Waals surface area contributed by atoms with Crippen LogP contribution < -0.4 is 15.1 Å². The number of carboxylic acid groups (broad SMARTS) is 1. The third kappa shape index (κ3) is 3.93. The molecule has 9 heteroatoms. The number of carbonyl (C=O) groups excluding carboxylic acids is 1. The molecular weight excluding hydrogens is 386 g/mol. The molecule has 2 amide bonds. The van der Waals surface area contributed by atoms with Gasteiger partial charge in [-0.05, 0) is 36.6 Å². The highest BCUT2D eigenvalue weighted by atomic mass is 16.5. The first kappa shape index (κ1) is 20.1. The molecule has 0 spiro atoms. The predicted octanol–water partition coefficient (Wildman–Crippen LogP) is 2.43. The number of amides is 2. The van der Waals surface area contributed by atoms with E-state index in [1.807, 2.05) is 25.1 Å². The van der Waals surface area contributed by atoms with Crippen LogP contribution in [0.2, 0.25) is 0 Å². The number of fused-ring (bicyclic) bond motifs is 1. The van der Waals surface area contributed by atoms with Crippen LogP contribution in [0.15, 0.2) is 30.6 Å². The van der Waals surface area contributed by atoms with Crippen molar-refractivity contribution in [2.45, 2.75) is 32.4 Å². The van der Waals surface area contributed by atoms with Gasteiger partial charge in [0, 0.05) is 49.7 Å². The number of benzene rings is 1. The van der Waals surface area contributed by atoms with Crippen molar-refractivity contribution in [2.75, 3.05) is 36.1 Å². The van der Waals surface area contributed by atoms with E-state index in [0.717, 1.165) is 35.5 Å². The van der Waals surface area contributed by atoms with E-state index in [1.165, 1.54) is 6.92 Å². The Morgan fingerprint density at radius 3 is 2.50 bits per heavy atom. The molecule has 2 aliphatic rings. The Balaban J connectivity index is 1.67. The van der Waals surface area contributed by atoms with E-state index in [1.54, 1.807) is 17.3 Å². The fourth-order valence-corrected chi connectivity index (χ4v) is 4.21. The molecule has 1 fully saturated rings. The fourth-order valence-electron chi connectivity index (χ4n) is 4.21. The topological polar surface area (TPSA) is 108 Å². The zero-order chi connectivity index (χ0) is 21.3. The van der Waals surface area contributed by atoms with Gasteiger partial charge in [0.2, 0.25) is 11.9 Å². The van der Waals surface area contributed by atoms with Gasteiger partial charge in [0.25, 0.3) is 0 Å². The van der Waals surface area contributed by atoms with Crippen LogP contribution in [0.25, 0.3) is 11.1 Å². The van der Waals surface area contributed by atoms with Gasteiger partial charge in [0.15, 0.2) is 0 Å². The molecular formula is C21H25N5O4. The lowest BCUT2D eigenvalue weighted by molar-refractivity contribution is -0.117. The highest BCUT2D eigenvalue weighted by Crippen LogP contribution is 2.39. The van der Waals surface area contributed by atoms with Crippen molar-refractivity contribution in [2.24, 2.45) is 0 Å². The summed E-state index contributed by atoms with van der Waals surface area (Å²) in [6.45, 7) is 6.31. The Morgan fingerprint density at radius 1 is 1.17 bits per heavy atom. The van der Waals surface area contributed by atoms with Crippen LogP contribution >= 0.6 is 0 Å².